The Labute approximate surface area is 189 Å². The number of amides is 1. The maximum Gasteiger partial charge on any atom is 0.303 e. The van der Waals surface area contributed by atoms with Crippen LogP contribution in [-0.4, -0.2) is 23.0 Å². The first-order valence-corrected chi connectivity index (χ1v) is 12.3. The molecule has 0 spiro atoms. The number of unbranched alkanes of at least 4 members (excludes halogenated alkanes) is 1. The van der Waals surface area contributed by atoms with Crippen LogP contribution in [0.2, 0.25) is 0 Å². The van der Waals surface area contributed by atoms with Crippen molar-refractivity contribution < 1.29 is 14.7 Å². The molecule has 0 radical (unpaired) electrons. The summed E-state index contributed by atoms with van der Waals surface area (Å²) in [4.78, 5) is 23.9. The smallest absolute Gasteiger partial charge is 0.303 e. The highest BCUT2D eigenvalue weighted by Crippen LogP contribution is 2.43. The molecule has 1 unspecified atom stereocenters. The molecule has 2 aromatic rings. The number of carboxylic acid groups (broad SMARTS) is 1. The molecule has 1 amide bonds. The second-order valence-electron chi connectivity index (χ2n) is 9.79. The molecule has 1 aliphatic rings. The van der Waals surface area contributed by atoms with Crippen LogP contribution in [0.15, 0.2) is 41.8 Å². The minimum absolute atomic E-state index is 0.0347. The maximum absolute atomic E-state index is 13.2. The number of benzene rings is 1. The van der Waals surface area contributed by atoms with Crippen LogP contribution in [0.1, 0.15) is 76.1 Å². The van der Waals surface area contributed by atoms with Gasteiger partial charge >= 0.3 is 5.97 Å². The summed E-state index contributed by atoms with van der Waals surface area (Å²) in [7, 11) is 0. The van der Waals surface area contributed by atoms with E-state index >= 15 is 0 Å². The molecule has 0 saturated heterocycles. The van der Waals surface area contributed by atoms with Crippen molar-refractivity contribution in [3.8, 4) is 0 Å². The zero-order valence-electron chi connectivity index (χ0n) is 18.9. The zero-order valence-corrected chi connectivity index (χ0v) is 19.7. The second-order valence-corrected chi connectivity index (χ2v) is 10.7. The van der Waals surface area contributed by atoms with Gasteiger partial charge in [0, 0.05) is 27.9 Å². The fraction of sp³-hybridized carbons (Fsp3) is 0.538. The van der Waals surface area contributed by atoms with Gasteiger partial charge in [0.05, 0.1) is 5.56 Å². The highest BCUT2D eigenvalue weighted by atomic mass is 32.1. The van der Waals surface area contributed by atoms with Gasteiger partial charge in [-0.15, -0.1) is 11.3 Å². The first-order chi connectivity index (χ1) is 14.8. The Balaban J connectivity index is 1.71. The van der Waals surface area contributed by atoms with E-state index in [1.165, 1.54) is 6.42 Å². The molecule has 31 heavy (non-hydrogen) atoms. The number of allylic oxidation sites excluding steroid dienone is 2. The zero-order chi connectivity index (χ0) is 22.4. The van der Waals surface area contributed by atoms with Crippen LogP contribution in [0.5, 0.6) is 0 Å². The number of hydrogen-bond acceptors (Lipinski definition) is 3. The topological polar surface area (TPSA) is 66.4 Å². The van der Waals surface area contributed by atoms with Gasteiger partial charge in [-0.3, -0.25) is 9.59 Å². The van der Waals surface area contributed by atoms with Crippen molar-refractivity contribution in [3.63, 3.8) is 0 Å². The van der Waals surface area contributed by atoms with Crippen LogP contribution < -0.4 is 5.32 Å². The molecule has 4 nitrogen and oxygen atoms in total. The molecule has 1 aliphatic carbocycles. The van der Waals surface area contributed by atoms with Crippen molar-refractivity contribution in [3.05, 3.63) is 47.4 Å². The lowest BCUT2D eigenvalue weighted by molar-refractivity contribution is -0.137. The number of aliphatic carboxylic acids is 1. The van der Waals surface area contributed by atoms with E-state index in [4.69, 9.17) is 5.11 Å². The van der Waals surface area contributed by atoms with Crippen molar-refractivity contribution in [1.29, 1.82) is 0 Å². The summed E-state index contributed by atoms with van der Waals surface area (Å²) < 4.78 is 1.14. The minimum atomic E-state index is -0.739. The fourth-order valence-electron chi connectivity index (χ4n) is 4.99. The Hall–Kier alpha value is -2.14. The molecule has 5 heteroatoms. The molecular weight excluding hydrogens is 406 g/mol. The molecule has 2 N–H and O–H groups in total. The predicted octanol–water partition coefficient (Wildman–Crippen LogP) is 6.66. The van der Waals surface area contributed by atoms with Crippen LogP contribution in [0, 0.1) is 17.3 Å². The van der Waals surface area contributed by atoms with Crippen LogP contribution in [0.3, 0.4) is 0 Å². The highest BCUT2D eigenvalue weighted by Gasteiger charge is 2.39. The molecule has 1 saturated carbocycles. The van der Waals surface area contributed by atoms with Gasteiger partial charge in [-0.2, -0.15) is 0 Å². The lowest BCUT2D eigenvalue weighted by Crippen LogP contribution is -2.48. The average molecular weight is 442 g/mol. The summed E-state index contributed by atoms with van der Waals surface area (Å²) in [6, 6.07) is 8.24. The van der Waals surface area contributed by atoms with E-state index in [0.717, 1.165) is 41.3 Å². The highest BCUT2D eigenvalue weighted by molar-refractivity contribution is 7.17. The normalized spacial score (nSPS) is 22.1. The van der Waals surface area contributed by atoms with E-state index < -0.39 is 5.97 Å². The van der Waals surface area contributed by atoms with Gasteiger partial charge in [-0.1, -0.05) is 57.5 Å². The molecular formula is C26H35NO3S. The van der Waals surface area contributed by atoms with E-state index in [2.05, 4.69) is 44.3 Å². The number of hydrogen-bond donors (Lipinski definition) is 2. The summed E-state index contributed by atoms with van der Waals surface area (Å²) in [6.45, 7) is 6.91. The Kier molecular flexibility index (Phi) is 7.93. The fourth-order valence-corrected chi connectivity index (χ4v) is 5.93. The van der Waals surface area contributed by atoms with Gasteiger partial charge < -0.3 is 10.4 Å². The Morgan fingerprint density at radius 1 is 1.19 bits per heavy atom. The molecule has 0 bridgehead atoms. The van der Waals surface area contributed by atoms with Gasteiger partial charge in [0.25, 0.3) is 5.91 Å². The van der Waals surface area contributed by atoms with Gasteiger partial charge in [0.1, 0.15) is 0 Å². The summed E-state index contributed by atoms with van der Waals surface area (Å²) in [5, 5.41) is 15.2. The number of carboxylic acids is 1. The number of nitrogens with one attached hydrogen (secondary N) is 1. The summed E-state index contributed by atoms with van der Waals surface area (Å²) >= 11 is 1.62. The first kappa shape index (κ1) is 23.5. The van der Waals surface area contributed by atoms with Crippen molar-refractivity contribution in [2.45, 2.75) is 71.8 Å². The van der Waals surface area contributed by atoms with Gasteiger partial charge in [-0.05, 0) is 55.4 Å². The SMILES string of the molecule is CC(C)(C)[C@H]1CCCC(NC(=O)c2csc3ccccc23)[C@@H]1CC=CCCCC(=O)O. The number of carbonyl (C=O) groups is 2. The quantitative estimate of drug-likeness (QED) is 0.355. The van der Waals surface area contributed by atoms with Crippen LogP contribution in [0.25, 0.3) is 10.1 Å². The summed E-state index contributed by atoms with van der Waals surface area (Å²) in [5.74, 6) is 0.220. The number of carbonyl (C=O) groups excluding carboxylic acids is 1. The molecule has 1 heterocycles. The van der Waals surface area contributed by atoms with E-state index in [9.17, 15) is 9.59 Å². The van der Waals surface area contributed by atoms with Crippen LogP contribution in [-0.2, 0) is 4.79 Å². The number of rotatable bonds is 8. The third kappa shape index (κ3) is 6.19. The Bertz CT molecular complexity index is 924. The molecule has 168 valence electrons. The molecule has 3 atom stereocenters. The molecule has 3 rings (SSSR count). The first-order valence-electron chi connectivity index (χ1n) is 11.4. The Morgan fingerprint density at radius 3 is 2.71 bits per heavy atom. The van der Waals surface area contributed by atoms with Crippen LogP contribution in [0.4, 0.5) is 0 Å². The Morgan fingerprint density at radius 2 is 1.97 bits per heavy atom. The lowest BCUT2D eigenvalue weighted by atomic mass is 9.63. The van der Waals surface area contributed by atoms with Crippen molar-refractivity contribution >= 4 is 33.3 Å². The second kappa shape index (κ2) is 10.4. The molecule has 0 aliphatic heterocycles. The monoisotopic (exact) mass is 441 g/mol. The third-order valence-electron chi connectivity index (χ3n) is 6.55. The molecule has 1 fully saturated rings. The lowest BCUT2D eigenvalue weighted by Gasteiger charge is -2.45. The standard InChI is InChI=1S/C26H35NO3S/c1-26(2,3)21-13-10-14-22(19(21)12-6-4-5-7-16-24(28)29)27-25(30)20-17-31-23-15-9-8-11-18(20)23/h4,6,8-9,11,15,17,19,21-22H,5,7,10,12-14,16H2,1-3H3,(H,27,30)(H,28,29)/t19-,21+,22?/m1/s1. The van der Waals surface area contributed by atoms with E-state index in [1.807, 2.05) is 23.6 Å². The maximum atomic E-state index is 13.2. The van der Waals surface area contributed by atoms with Gasteiger partial charge in [0.15, 0.2) is 0 Å². The van der Waals surface area contributed by atoms with E-state index in [-0.39, 0.29) is 23.8 Å². The van der Waals surface area contributed by atoms with Crippen molar-refractivity contribution in [1.82, 2.24) is 5.32 Å². The van der Waals surface area contributed by atoms with Crippen LogP contribution >= 0.6 is 11.3 Å². The van der Waals surface area contributed by atoms with E-state index in [0.29, 0.717) is 18.3 Å². The van der Waals surface area contributed by atoms with E-state index in [1.54, 1.807) is 11.3 Å². The van der Waals surface area contributed by atoms with Gasteiger partial charge in [0.2, 0.25) is 0 Å². The number of thiophene rings is 1. The summed E-state index contributed by atoms with van der Waals surface area (Å²) in [5.41, 5.74) is 0.960. The summed E-state index contributed by atoms with van der Waals surface area (Å²) in [6.07, 6.45) is 10.2. The largest absolute Gasteiger partial charge is 0.481 e. The van der Waals surface area contributed by atoms with Crippen molar-refractivity contribution in [2.24, 2.45) is 17.3 Å². The minimum Gasteiger partial charge on any atom is -0.481 e. The average Bonchev–Trinajstić information content (AvgIpc) is 3.14. The molecule has 1 aromatic carbocycles. The van der Waals surface area contributed by atoms with Gasteiger partial charge in [-0.25, -0.2) is 0 Å². The third-order valence-corrected chi connectivity index (χ3v) is 7.52. The molecule has 1 aromatic heterocycles. The number of fused-ring (bicyclic) bond motifs is 1. The predicted molar refractivity (Wildman–Crippen MR) is 129 cm³/mol. The van der Waals surface area contributed by atoms with Crippen molar-refractivity contribution in [2.75, 3.05) is 0 Å².